The lowest BCUT2D eigenvalue weighted by atomic mass is 10.1. The maximum Gasteiger partial charge on any atom is 0.269 e. The van der Waals surface area contributed by atoms with Gasteiger partial charge in [-0.05, 0) is 28.1 Å². The van der Waals surface area contributed by atoms with E-state index in [1.165, 1.54) is 23.0 Å². The van der Waals surface area contributed by atoms with Crippen molar-refractivity contribution < 1.29 is 4.39 Å². The lowest BCUT2D eigenvalue weighted by molar-refractivity contribution is 0.593. The summed E-state index contributed by atoms with van der Waals surface area (Å²) in [5.41, 5.74) is 0.116. The summed E-state index contributed by atoms with van der Waals surface area (Å²) in [5.74, 6) is -0.544. The third-order valence-corrected chi connectivity index (χ3v) is 3.69. The van der Waals surface area contributed by atoms with Crippen LogP contribution in [0.5, 0.6) is 0 Å². The Hall–Kier alpha value is -1.71. The molecule has 4 nitrogen and oxygen atoms in total. The second-order valence-electron chi connectivity index (χ2n) is 3.70. The van der Waals surface area contributed by atoms with Gasteiger partial charge in [0.25, 0.3) is 5.56 Å². The Morgan fingerprint density at radius 2 is 2.26 bits per heavy atom. The van der Waals surface area contributed by atoms with Crippen molar-refractivity contribution in [3.63, 3.8) is 0 Å². The van der Waals surface area contributed by atoms with E-state index in [4.69, 9.17) is 16.9 Å². The number of hydrogen-bond acceptors (Lipinski definition) is 3. The Labute approximate surface area is 121 Å². The molecule has 1 aromatic heterocycles. The summed E-state index contributed by atoms with van der Waals surface area (Å²) in [7, 11) is 0. The van der Waals surface area contributed by atoms with Gasteiger partial charge in [-0.1, -0.05) is 17.7 Å². The maximum atomic E-state index is 13.7. The van der Waals surface area contributed by atoms with Gasteiger partial charge in [0.15, 0.2) is 5.15 Å². The van der Waals surface area contributed by atoms with E-state index in [0.29, 0.717) is 0 Å². The van der Waals surface area contributed by atoms with Crippen LogP contribution >= 0.6 is 27.5 Å². The lowest BCUT2D eigenvalue weighted by Gasteiger charge is -2.07. The number of nitrogens with zero attached hydrogens (tertiary/aromatic N) is 3. The minimum atomic E-state index is -0.544. The van der Waals surface area contributed by atoms with E-state index in [1.54, 1.807) is 0 Å². The summed E-state index contributed by atoms with van der Waals surface area (Å²) in [6.07, 6.45) is 1.24. The highest BCUT2D eigenvalue weighted by Crippen LogP contribution is 2.15. The fourth-order valence-corrected chi connectivity index (χ4v) is 1.94. The second-order valence-corrected chi connectivity index (χ2v) is 4.85. The predicted molar refractivity (Wildman–Crippen MR) is 71.4 cm³/mol. The van der Waals surface area contributed by atoms with E-state index in [2.05, 4.69) is 20.9 Å². The third kappa shape index (κ3) is 2.83. The highest BCUT2D eigenvalue weighted by atomic mass is 79.9. The Kier molecular flexibility index (Phi) is 3.98. The van der Waals surface area contributed by atoms with Gasteiger partial charge in [0.2, 0.25) is 0 Å². The zero-order valence-corrected chi connectivity index (χ0v) is 11.7. The molecule has 0 amide bonds. The first kappa shape index (κ1) is 13.7. The molecular weight excluding hydrogens is 337 g/mol. The van der Waals surface area contributed by atoms with Crippen LogP contribution in [0.15, 0.2) is 33.8 Å². The van der Waals surface area contributed by atoms with Gasteiger partial charge in [-0.3, -0.25) is 9.36 Å². The second kappa shape index (κ2) is 5.51. The summed E-state index contributed by atoms with van der Waals surface area (Å²) in [4.78, 5) is 15.7. The van der Waals surface area contributed by atoms with Gasteiger partial charge < -0.3 is 0 Å². The molecule has 0 unspecified atom stereocenters. The van der Waals surface area contributed by atoms with E-state index >= 15 is 0 Å². The average Bonchev–Trinajstić information content (AvgIpc) is 2.41. The van der Waals surface area contributed by atoms with Gasteiger partial charge in [-0.25, -0.2) is 9.37 Å². The van der Waals surface area contributed by atoms with Crippen LogP contribution in [-0.2, 0) is 6.54 Å². The van der Waals surface area contributed by atoms with Crippen LogP contribution in [0, 0.1) is 17.1 Å². The van der Waals surface area contributed by atoms with Crippen LogP contribution < -0.4 is 5.56 Å². The molecule has 2 aromatic rings. The number of hydrogen-bond donors (Lipinski definition) is 0. The van der Waals surface area contributed by atoms with Gasteiger partial charge in [0.05, 0.1) is 24.5 Å². The van der Waals surface area contributed by atoms with E-state index in [0.717, 1.165) is 6.07 Å². The minimum Gasteiger partial charge on any atom is -0.294 e. The molecule has 1 heterocycles. The first-order chi connectivity index (χ1) is 9.02. The number of aromatic nitrogens is 2. The van der Waals surface area contributed by atoms with Crippen molar-refractivity contribution in [2.24, 2.45) is 0 Å². The summed E-state index contributed by atoms with van der Waals surface area (Å²) in [6.45, 7) is 0.0130. The van der Waals surface area contributed by atoms with Crippen LogP contribution in [0.1, 0.15) is 11.1 Å². The van der Waals surface area contributed by atoms with Gasteiger partial charge >= 0.3 is 0 Å². The Morgan fingerprint density at radius 1 is 1.53 bits per heavy atom. The predicted octanol–water partition coefficient (Wildman–Crippen LogP) is 2.72. The molecule has 19 heavy (non-hydrogen) atoms. The molecule has 0 bridgehead atoms. The zero-order chi connectivity index (χ0) is 14.0. The number of halogens is 3. The molecule has 0 radical (unpaired) electrons. The summed E-state index contributed by atoms with van der Waals surface area (Å²) in [6, 6.07) is 5.91. The molecule has 0 N–H and O–H groups in total. The molecule has 0 atom stereocenters. The van der Waals surface area contributed by atoms with Crippen molar-refractivity contribution in [1.82, 2.24) is 9.55 Å². The quantitative estimate of drug-likeness (QED) is 0.789. The molecule has 0 aliphatic carbocycles. The lowest BCUT2D eigenvalue weighted by Crippen LogP contribution is -2.22. The average molecular weight is 343 g/mol. The van der Waals surface area contributed by atoms with Gasteiger partial charge in [0.1, 0.15) is 10.3 Å². The molecule has 0 aliphatic heterocycles. The van der Waals surface area contributed by atoms with Crippen LogP contribution in [0.3, 0.4) is 0 Å². The highest BCUT2D eigenvalue weighted by Gasteiger charge is 2.10. The number of nitriles is 1. The monoisotopic (exact) mass is 341 g/mol. The molecule has 1 aromatic carbocycles. The molecule has 0 fully saturated rings. The highest BCUT2D eigenvalue weighted by molar-refractivity contribution is 9.10. The third-order valence-electron chi connectivity index (χ3n) is 2.46. The van der Waals surface area contributed by atoms with Crippen molar-refractivity contribution in [2.75, 3.05) is 0 Å². The summed E-state index contributed by atoms with van der Waals surface area (Å²) >= 11 is 8.70. The van der Waals surface area contributed by atoms with Crippen LogP contribution in [0.25, 0.3) is 0 Å². The Morgan fingerprint density at radius 3 is 2.89 bits per heavy atom. The topological polar surface area (TPSA) is 58.7 Å². The fraction of sp³-hybridized carbons (Fsp3) is 0.0833. The van der Waals surface area contributed by atoms with Crippen molar-refractivity contribution in [3.05, 3.63) is 61.5 Å². The standard InChI is InChI=1S/C12H6BrClFN3O/c13-10-11(14)17-6-18(12(10)19)5-8-2-1-7(4-16)3-9(8)15/h1-3,6H,5H2. The minimum absolute atomic E-state index is 0.0130. The fourth-order valence-electron chi connectivity index (χ4n) is 1.49. The normalized spacial score (nSPS) is 10.2. The molecule has 96 valence electrons. The SMILES string of the molecule is N#Cc1ccc(Cn2cnc(Cl)c(Br)c2=O)c(F)c1. The van der Waals surface area contributed by atoms with Crippen molar-refractivity contribution in [1.29, 1.82) is 5.26 Å². The van der Waals surface area contributed by atoms with Crippen LogP contribution in [0.2, 0.25) is 5.15 Å². The molecule has 0 spiro atoms. The van der Waals surface area contributed by atoms with Gasteiger partial charge in [0, 0.05) is 5.56 Å². The molecule has 7 heteroatoms. The molecule has 0 aliphatic rings. The van der Waals surface area contributed by atoms with E-state index in [9.17, 15) is 9.18 Å². The van der Waals surface area contributed by atoms with Crippen LogP contribution in [-0.4, -0.2) is 9.55 Å². The Bertz CT molecular complexity index is 739. The largest absolute Gasteiger partial charge is 0.294 e. The van der Waals surface area contributed by atoms with Crippen molar-refractivity contribution >= 4 is 27.5 Å². The molecule has 0 saturated carbocycles. The van der Waals surface area contributed by atoms with E-state index in [-0.39, 0.29) is 27.3 Å². The summed E-state index contributed by atoms with van der Waals surface area (Å²) in [5, 5.41) is 8.71. The van der Waals surface area contributed by atoms with Gasteiger partial charge in [-0.2, -0.15) is 5.26 Å². The smallest absolute Gasteiger partial charge is 0.269 e. The maximum absolute atomic E-state index is 13.7. The number of rotatable bonds is 2. The zero-order valence-electron chi connectivity index (χ0n) is 9.40. The van der Waals surface area contributed by atoms with Crippen molar-refractivity contribution in [3.8, 4) is 6.07 Å². The van der Waals surface area contributed by atoms with Gasteiger partial charge in [-0.15, -0.1) is 0 Å². The first-order valence-electron chi connectivity index (χ1n) is 5.12. The first-order valence-corrected chi connectivity index (χ1v) is 6.29. The molecule has 0 saturated heterocycles. The summed E-state index contributed by atoms with van der Waals surface area (Å²) < 4.78 is 15.1. The van der Waals surface area contributed by atoms with Crippen molar-refractivity contribution in [2.45, 2.75) is 6.54 Å². The Balaban J connectivity index is 2.40. The number of benzene rings is 1. The van der Waals surface area contributed by atoms with E-state index < -0.39 is 11.4 Å². The molecular formula is C12H6BrClFN3O. The van der Waals surface area contributed by atoms with E-state index in [1.807, 2.05) is 6.07 Å². The van der Waals surface area contributed by atoms with Crippen LogP contribution in [0.4, 0.5) is 4.39 Å². The molecule has 2 rings (SSSR count).